The average molecular weight is 244 g/mol. The molecule has 1 N–H and O–H groups in total. The molecule has 2 nitrogen and oxygen atoms in total. The van der Waals surface area contributed by atoms with E-state index in [-0.39, 0.29) is 0 Å². The van der Waals surface area contributed by atoms with Crippen LogP contribution < -0.4 is 10.2 Å². The van der Waals surface area contributed by atoms with E-state index in [2.05, 4.69) is 48.5 Å². The molecule has 2 heteroatoms. The molecule has 2 aliphatic rings. The first-order valence-electron chi connectivity index (χ1n) is 7.33. The van der Waals surface area contributed by atoms with E-state index < -0.39 is 0 Å². The lowest BCUT2D eigenvalue weighted by atomic mass is 9.90. The highest BCUT2D eigenvalue weighted by atomic mass is 15.2. The fourth-order valence-electron chi connectivity index (χ4n) is 3.79. The highest BCUT2D eigenvalue weighted by Gasteiger charge is 2.33. The minimum Gasteiger partial charge on any atom is -0.365 e. The van der Waals surface area contributed by atoms with Gasteiger partial charge in [-0.05, 0) is 57.7 Å². The Bertz CT molecular complexity index is 407. The topological polar surface area (TPSA) is 15.3 Å². The van der Waals surface area contributed by atoms with Gasteiger partial charge in [-0.1, -0.05) is 18.2 Å². The van der Waals surface area contributed by atoms with Gasteiger partial charge in [0.25, 0.3) is 0 Å². The van der Waals surface area contributed by atoms with E-state index in [0.29, 0.717) is 6.04 Å². The molecule has 1 aliphatic heterocycles. The molecule has 3 rings (SSSR count). The molecule has 0 spiro atoms. The Hall–Kier alpha value is -1.02. The highest BCUT2D eigenvalue weighted by molar-refractivity contribution is 5.60. The van der Waals surface area contributed by atoms with Gasteiger partial charge in [-0.3, -0.25) is 0 Å². The lowest BCUT2D eigenvalue weighted by Gasteiger charge is -2.39. The summed E-state index contributed by atoms with van der Waals surface area (Å²) in [4.78, 5) is 2.70. The molecule has 98 valence electrons. The number of nitrogens with zero attached hydrogens (tertiary/aromatic N) is 1. The summed E-state index contributed by atoms with van der Waals surface area (Å²) >= 11 is 0. The van der Waals surface area contributed by atoms with Crippen LogP contribution in [0.2, 0.25) is 0 Å². The largest absolute Gasteiger partial charge is 0.365 e. The third-order valence-corrected chi connectivity index (χ3v) is 4.76. The van der Waals surface area contributed by atoms with Crippen LogP contribution in [0.25, 0.3) is 0 Å². The van der Waals surface area contributed by atoms with Crippen LogP contribution in [-0.2, 0) is 6.42 Å². The zero-order chi connectivity index (χ0) is 12.5. The smallest absolute Gasteiger partial charge is 0.0404 e. The van der Waals surface area contributed by atoms with Gasteiger partial charge in [-0.15, -0.1) is 0 Å². The average Bonchev–Trinajstić information content (AvgIpc) is 2.75. The van der Waals surface area contributed by atoms with Crippen molar-refractivity contribution in [1.29, 1.82) is 0 Å². The van der Waals surface area contributed by atoms with Crippen molar-refractivity contribution in [3.63, 3.8) is 0 Å². The molecule has 1 fully saturated rings. The lowest BCUT2D eigenvalue weighted by Crippen LogP contribution is -2.44. The molecule has 1 aromatic rings. The van der Waals surface area contributed by atoms with E-state index in [1.807, 2.05) is 0 Å². The van der Waals surface area contributed by atoms with Crippen molar-refractivity contribution in [2.45, 2.75) is 57.2 Å². The maximum Gasteiger partial charge on any atom is 0.0404 e. The van der Waals surface area contributed by atoms with Crippen molar-refractivity contribution in [2.24, 2.45) is 0 Å². The molecule has 18 heavy (non-hydrogen) atoms. The zero-order valence-electron chi connectivity index (χ0n) is 11.5. The van der Waals surface area contributed by atoms with E-state index in [1.54, 1.807) is 5.56 Å². The third-order valence-electron chi connectivity index (χ3n) is 4.76. The molecule has 1 aromatic carbocycles. The summed E-state index contributed by atoms with van der Waals surface area (Å²) in [5.41, 5.74) is 3.04. The standard InChI is InChI=1S/C16H24N2/c1-12-11-13-5-3-4-6-16(13)18(12)15-9-7-14(17-2)8-10-15/h3-6,12,14-15,17H,7-11H2,1-2H3. The second-order valence-electron chi connectivity index (χ2n) is 5.88. The molecule has 0 bridgehead atoms. The van der Waals surface area contributed by atoms with Crippen LogP contribution >= 0.6 is 0 Å². The van der Waals surface area contributed by atoms with Gasteiger partial charge in [0, 0.05) is 23.8 Å². The minimum absolute atomic E-state index is 0.679. The third kappa shape index (κ3) is 2.03. The number of benzene rings is 1. The van der Waals surface area contributed by atoms with Crippen LogP contribution in [0.15, 0.2) is 24.3 Å². The van der Waals surface area contributed by atoms with Gasteiger partial charge in [0.05, 0.1) is 0 Å². The number of fused-ring (bicyclic) bond motifs is 1. The normalized spacial score (nSPS) is 31.4. The first-order valence-corrected chi connectivity index (χ1v) is 7.33. The van der Waals surface area contributed by atoms with Crippen LogP contribution in [0.1, 0.15) is 38.2 Å². The van der Waals surface area contributed by atoms with Crippen molar-refractivity contribution >= 4 is 5.69 Å². The predicted molar refractivity (Wildman–Crippen MR) is 77.2 cm³/mol. The van der Waals surface area contributed by atoms with E-state index in [9.17, 15) is 0 Å². The van der Waals surface area contributed by atoms with Crippen LogP contribution in [0.5, 0.6) is 0 Å². The Morgan fingerprint density at radius 2 is 1.83 bits per heavy atom. The van der Waals surface area contributed by atoms with Crippen molar-refractivity contribution in [3.8, 4) is 0 Å². The van der Waals surface area contributed by atoms with Gasteiger partial charge >= 0.3 is 0 Å². The van der Waals surface area contributed by atoms with Gasteiger partial charge in [-0.25, -0.2) is 0 Å². The monoisotopic (exact) mass is 244 g/mol. The number of para-hydroxylation sites is 1. The molecule has 1 atom stereocenters. The summed E-state index contributed by atoms with van der Waals surface area (Å²) in [6.45, 7) is 2.38. The molecule has 1 unspecified atom stereocenters. The number of hydrogen-bond acceptors (Lipinski definition) is 2. The molecular weight excluding hydrogens is 220 g/mol. The molecular formula is C16H24N2. The van der Waals surface area contributed by atoms with Gasteiger partial charge in [0.15, 0.2) is 0 Å². The fourth-order valence-corrected chi connectivity index (χ4v) is 3.79. The van der Waals surface area contributed by atoms with Crippen LogP contribution in [0, 0.1) is 0 Å². The molecule has 0 aromatic heterocycles. The molecule has 0 saturated heterocycles. The quantitative estimate of drug-likeness (QED) is 0.860. The van der Waals surface area contributed by atoms with Crippen molar-refractivity contribution in [3.05, 3.63) is 29.8 Å². The Morgan fingerprint density at radius 3 is 2.56 bits per heavy atom. The lowest BCUT2D eigenvalue weighted by molar-refractivity contribution is 0.337. The van der Waals surface area contributed by atoms with Gasteiger partial charge in [-0.2, -0.15) is 0 Å². The Balaban J connectivity index is 1.77. The van der Waals surface area contributed by atoms with Crippen LogP contribution in [-0.4, -0.2) is 25.2 Å². The number of nitrogens with one attached hydrogen (secondary N) is 1. The SMILES string of the molecule is CNC1CCC(N2c3ccccc3CC2C)CC1. The summed E-state index contributed by atoms with van der Waals surface area (Å²) in [6.07, 6.45) is 6.55. The van der Waals surface area contributed by atoms with Crippen LogP contribution in [0.3, 0.4) is 0 Å². The summed E-state index contributed by atoms with van der Waals surface area (Å²) in [6, 6.07) is 11.1. The van der Waals surface area contributed by atoms with Gasteiger partial charge in [0.2, 0.25) is 0 Å². The molecule has 1 saturated carbocycles. The van der Waals surface area contributed by atoms with Crippen molar-refractivity contribution in [2.75, 3.05) is 11.9 Å². The highest BCUT2D eigenvalue weighted by Crippen LogP contribution is 2.37. The second kappa shape index (κ2) is 4.93. The van der Waals surface area contributed by atoms with E-state index in [0.717, 1.165) is 12.1 Å². The van der Waals surface area contributed by atoms with Crippen molar-refractivity contribution in [1.82, 2.24) is 5.32 Å². The maximum atomic E-state index is 3.43. The zero-order valence-corrected chi connectivity index (χ0v) is 11.5. The molecule has 0 radical (unpaired) electrons. The second-order valence-corrected chi connectivity index (χ2v) is 5.88. The first kappa shape index (κ1) is 12.0. The number of anilines is 1. The Labute approximate surface area is 110 Å². The van der Waals surface area contributed by atoms with Crippen molar-refractivity contribution < 1.29 is 0 Å². The Kier molecular flexibility index (Phi) is 3.29. The summed E-state index contributed by atoms with van der Waals surface area (Å²) in [7, 11) is 2.10. The predicted octanol–water partition coefficient (Wildman–Crippen LogP) is 2.97. The van der Waals surface area contributed by atoms with E-state index in [1.165, 1.54) is 37.8 Å². The van der Waals surface area contributed by atoms with E-state index in [4.69, 9.17) is 0 Å². The molecule has 0 amide bonds. The number of hydrogen-bond donors (Lipinski definition) is 1. The Morgan fingerprint density at radius 1 is 1.11 bits per heavy atom. The number of rotatable bonds is 2. The molecule has 1 aliphatic carbocycles. The van der Waals surface area contributed by atoms with Crippen LogP contribution in [0.4, 0.5) is 5.69 Å². The molecule has 1 heterocycles. The summed E-state index contributed by atoms with van der Waals surface area (Å²) in [5, 5.41) is 3.43. The summed E-state index contributed by atoms with van der Waals surface area (Å²) < 4.78 is 0. The minimum atomic E-state index is 0.679. The van der Waals surface area contributed by atoms with Gasteiger partial charge in [0.1, 0.15) is 0 Å². The van der Waals surface area contributed by atoms with E-state index >= 15 is 0 Å². The van der Waals surface area contributed by atoms with Gasteiger partial charge < -0.3 is 10.2 Å². The first-order chi connectivity index (χ1) is 8.79. The summed E-state index contributed by atoms with van der Waals surface area (Å²) in [5.74, 6) is 0. The fraction of sp³-hybridized carbons (Fsp3) is 0.625. The maximum absolute atomic E-state index is 3.43.